The molecule has 1 amide bonds. The molecule has 3 heteroatoms. The molecule has 1 atom stereocenters. The van der Waals surface area contributed by atoms with Crippen LogP contribution >= 0.6 is 0 Å². The van der Waals surface area contributed by atoms with Crippen LogP contribution in [0.2, 0.25) is 0 Å². The zero-order chi connectivity index (χ0) is 14.3. The van der Waals surface area contributed by atoms with E-state index in [1.165, 1.54) is 0 Å². The van der Waals surface area contributed by atoms with Crippen LogP contribution in [-0.2, 0) is 9.59 Å². The summed E-state index contributed by atoms with van der Waals surface area (Å²) < 4.78 is 0. The van der Waals surface area contributed by atoms with Crippen LogP contribution in [0.1, 0.15) is 44.6 Å². The van der Waals surface area contributed by atoms with Crippen LogP contribution in [0.25, 0.3) is 0 Å². The van der Waals surface area contributed by atoms with Crippen LogP contribution in [-0.4, -0.2) is 11.7 Å². The number of carbonyl (C=O) groups excluding carboxylic acids is 2. The molecule has 1 N–H and O–H groups in total. The second kappa shape index (κ2) is 4.58. The zero-order valence-electron chi connectivity index (χ0n) is 11.9. The van der Waals surface area contributed by atoms with Gasteiger partial charge in [0.1, 0.15) is 0 Å². The number of amides is 1. The average Bonchev–Trinajstić information content (AvgIpc) is 2.36. The van der Waals surface area contributed by atoms with Crippen LogP contribution < -0.4 is 5.32 Å². The van der Waals surface area contributed by atoms with Crippen LogP contribution in [0, 0.1) is 5.41 Å². The largest absolute Gasteiger partial charge is 0.329 e. The summed E-state index contributed by atoms with van der Waals surface area (Å²) in [5.41, 5.74) is 2.66. The Bertz CT molecular complexity index is 599. The maximum absolute atomic E-state index is 12.5. The van der Waals surface area contributed by atoms with Gasteiger partial charge in [0, 0.05) is 30.0 Å². The lowest BCUT2D eigenvalue weighted by atomic mass is 9.70. The molecule has 0 fully saturated rings. The van der Waals surface area contributed by atoms with Gasteiger partial charge in [0.25, 0.3) is 0 Å². The standard InChI is InChI=1S/C17H19NO2/c1-17(2)9-13-16(14(19)10-17)12(8-15(20)18-13)11-6-4-3-5-7-11/h3-7,12H,8-10H2,1-2H3,(H,18,20)/t12-/m0/s1. The first kappa shape index (κ1) is 13.1. The van der Waals surface area contributed by atoms with Crippen molar-refractivity contribution in [2.75, 3.05) is 0 Å². The van der Waals surface area contributed by atoms with Crippen molar-refractivity contribution in [2.45, 2.75) is 39.0 Å². The molecule has 20 heavy (non-hydrogen) atoms. The van der Waals surface area contributed by atoms with Crippen molar-refractivity contribution in [3.8, 4) is 0 Å². The highest BCUT2D eigenvalue weighted by Gasteiger charge is 2.40. The molecule has 3 nitrogen and oxygen atoms in total. The van der Waals surface area contributed by atoms with Crippen LogP contribution in [0.5, 0.6) is 0 Å². The van der Waals surface area contributed by atoms with Gasteiger partial charge < -0.3 is 5.32 Å². The Hall–Kier alpha value is -1.90. The van der Waals surface area contributed by atoms with Gasteiger partial charge in [-0.1, -0.05) is 44.2 Å². The van der Waals surface area contributed by atoms with Crippen LogP contribution in [0.4, 0.5) is 0 Å². The number of carbonyl (C=O) groups is 2. The van der Waals surface area contributed by atoms with E-state index in [2.05, 4.69) is 19.2 Å². The van der Waals surface area contributed by atoms with E-state index in [9.17, 15) is 9.59 Å². The molecule has 0 unspecified atom stereocenters. The van der Waals surface area contributed by atoms with E-state index in [-0.39, 0.29) is 23.0 Å². The quantitative estimate of drug-likeness (QED) is 0.852. The summed E-state index contributed by atoms with van der Waals surface area (Å²) in [6, 6.07) is 9.87. The predicted octanol–water partition coefficient (Wildman–Crippen LogP) is 2.93. The van der Waals surface area contributed by atoms with Crippen molar-refractivity contribution < 1.29 is 9.59 Å². The topological polar surface area (TPSA) is 46.2 Å². The second-order valence-electron chi connectivity index (χ2n) is 6.55. The van der Waals surface area contributed by atoms with Crippen molar-refractivity contribution in [1.29, 1.82) is 0 Å². The van der Waals surface area contributed by atoms with Crippen molar-refractivity contribution in [1.82, 2.24) is 5.32 Å². The van der Waals surface area contributed by atoms with E-state index in [0.29, 0.717) is 12.8 Å². The summed E-state index contributed by atoms with van der Waals surface area (Å²) in [6.45, 7) is 4.15. The molecule has 0 aromatic heterocycles. The fourth-order valence-electron chi connectivity index (χ4n) is 3.33. The van der Waals surface area contributed by atoms with Gasteiger partial charge in [0.05, 0.1) is 0 Å². The highest BCUT2D eigenvalue weighted by molar-refractivity contribution is 6.02. The van der Waals surface area contributed by atoms with Crippen molar-refractivity contribution in [2.24, 2.45) is 5.41 Å². The van der Waals surface area contributed by atoms with Gasteiger partial charge in [0.15, 0.2) is 5.78 Å². The third kappa shape index (κ3) is 2.28. The Kier molecular flexibility index (Phi) is 3.00. The van der Waals surface area contributed by atoms with Gasteiger partial charge in [-0.3, -0.25) is 9.59 Å². The summed E-state index contributed by atoms with van der Waals surface area (Å²) in [6.07, 6.45) is 1.70. The fraction of sp³-hybridized carbons (Fsp3) is 0.412. The smallest absolute Gasteiger partial charge is 0.225 e. The van der Waals surface area contributed by atoms with E-state index >= 15 is 0 Å². The summed E-state index contributed by atoms with van der Waals surface area (Å²) in [5, 5.41) is 2.92. The Morgan fingerprint density at radius 1 is 1.10 bits per heavy atom. The third-order valence-corrected chi connectivity index (χ3v) is 4.15. The molecule has 1 aromatic carbocycles. The van der Waals surface area contributed by atoms with Gasteiger partial charge in [-0.2, -0.15) is 0 Å². The first-order valence-electron chi connectivity index (χ1n) is 7.07. The summed E-state index contributed by atoms with van der Waals surface area (Å²) >= 11 is 0. The van der Waals surface area contributed by atoms with Crippen molar-refractivity contribution in [3.05, 3.63) is 47.2 Å². The normalized spacial score (nSPS) is 25.2. The zero-order valence-corrected chi connectivity index (χ0v) is 11.9. The maximum Gasteiger partial charge on any atom is 0.225 e. The minimum Gasteiger partial charge on any atom is -0.329 e. The third-order valence-electron chi connectivity index (χ3n) is 4.15. The molecule has 0 spiro atoms. The predicted molar refractivity (Wildman–Crippen MR) is 77.0 cm³/mol. The van der Waals surface area contributed by atoms with Gasteiger partial charge in [-0.25, -0.2) is 0 Å². The summed E-state index contributed by atoms with van der Waals surface area (Å²) in [5.74, 6) is 0.122. The van der Waals surface area contributed by atoms with E-state index in [4.69, 9.17) is 0 Å². The number of nitrogens with one attached hydrogen (secondary N) is 1. The highest BCUT2D eigenvalue weighted by Crippen LogP contribution is 2.43. The number of ketones is 1. The van der Waals surface area contributed by atoms with E-state index in [0.717, 1.165) is 23.3 Å². The van der Waals surface area contributed by atoms with Crippen LogP contribution in [0.3, 0.4) is 0 Å². The summed E-state index contributed by atoms with van der Waals surface area (Å²) in [7, 11) is 0. The lowest BCUT2D eigenvalue weighted by Gasteiger charge is -2.37. The summed E-state index contributed by atoms with van der Waals surface area (Å²) in [4.78, 5) is 24.5. The number of rotatable bonds is 1. The van der Waals surface area contributed by atoms with Crippen molar-refractivity contribution in [3.63, 3.8) is 0 Å². The molecule has 1 aromatic rings. The lowest BCUT2D eigenvalue weighted by Crippen LogP contribution is -2.40. The maximum atomic E-state index is 12.5. The molecule has 3 rings (SSSR count). The molecule has 0 radical (unpaired) electrons. The minimum atomic E-state index is -0.0800. The first-order chi connectivity index (χ1) is 9.46. The van der Waals surface area contributed by atoms with Gasteiger partial charge in [-0.05, 0) is 17.4 Å². The number of allylic oxidation sites excluding steroid dienone is 2. The SMILES string of the molecule is CC1(C)CC(=O)C2=C(C1)NC(=O)C[C@H]2c1ccccc1. The lowest BCUT2D eigenvalue weighted by molar-refractivity contribution is -0.122. The van der Waals surface area contributed by atoms with Gasteiger partial charge in [-0.15, -0.1) is 0 Å². The molecule has 0 saturated heterocycles. The van der Waals surface area contributed by atoms with E-state index in [1.807, 2.05) is 30.3 Å². The Morgan fingerprint density at radius 2 is 1.80 bits per heavy atom. The molecular weight excluding hydrogens is 250 g/mol. The molecule has 1 heterocycles. The Balaban J connectivity index is 2.07. The number of hydrogen-bond acceptors (Lipinski definition) is 2. The Morgan fingerprint density at radius 3 is 2.50 bits per heavy atom. The number of hydrogen-bond donors (Lipinski definition) is 1. The average molecular weight is 269 g/mol. The van der Waals surface area contributed by atoms with Gasteiger partial charge in [0.2, 0.25) is 5.91 Å². The highest BCUT2D eigenvalue weighted by atomic mass is 16.2. The van der Waals surface area contributed by atoms with Crippen molar-refractivity contribution >= 4 is 11.7 Å². The molecule has 0 saturated carbocycles. The monoisotopic (exact) mass is 269 g/mol. The van der Waals surface area contributed by atoms with Crippen LogP contribution in [0.15, 0.2) is 41.6 Å². The second-order valence-corrected chi connectivity index (χ2v) is 6.55. The molecular formula is C17H19NO2. The fourth-order valence-corrected chi connectivity index (χ4v) is 3.33. The molecule has 2 aliphatic rings. The number of benzene rings is 1. The number of Topliss-reactive ketones (excluding diaryl/α,β-unsaturated/α-hetero) is 1. The minimum absolute atomic E-state index is 0.0168. The molecule has 1 aliphatic heterocycles. The molecule has 1 aliphatic carbocycles. The first-order valence-corrected chi connectivity index (χ1v) is 7.07. The molecule has 0 bridgehead atoms. The molecule has 104 valence electrons. The Labute approximate surface area is 119 Å². The van der Waals surface area contributed by atoms with E-state index in [1.54, 1.807) is 0 Å². The van der Waals surface area contributed by atoms with E-state index < -0.39 is 0 Å². The van der Waals surface area contributed by atoms with Gasteiger partial charge >= 0.3 is 0 Å².